The molecule has 1 unspecified atom stereocenters. The van der Waals surface area contributed by atoms with Gasteiger partial charge in [0.25, 0.3) is 0 Å². The van der Waals surface area contributed by atoms with E-state index in [1.54, 1.807) is 0 Å². The molecular weight excluding hydrogens is 395 g/mol. The van der Waals surface area contributed by atoms with Crippen molar-refractivity contribution in [1.82, 2.24) is 9.55 Å². The van der Waals surface area contributed by atoms with Crippen molar-refractivity contribution in [2.24, 2.45) is 0 Å². The van der Waals surface area contributed by atoms with Crippen LogP contribution in [0.25, 0.3) is 16.7 Å². The molecule has 21 heavy (non-hydrogen) atoms. The molecule has 1 aromatic heterocycles. The molecule has 0 amide bonds. The van der Waals surface area contributed by atoms with E-state index in [1.165, 1.54) is 14.8 Å². The third-order valence-electron chi connectivity index (χ3n) is 3.61. The number of fused-ring (bicyclic) bond motifs is 1. The Hall–Kier alpha value is -1.07. The summed E-state index contributed by atoms with van der Waals surface area (Å²) in [4.78, 5) is 4.75. The molecule has 1 heterocycles. The van der Waals surface area contributed by atoms with Crippen LogP contribution in [0.15, 0.2) is 42.5 Å². The summed E-state index contributed by atoms with van der Waals surface area (Å²) < 4.78 is 3.38. The van der Waals surface area contributed by atoms with Crippen LogP contribution in [0, 0.1) is 3.57 Å². The first-order valence-electron chi connectivity index (χ1n) is 7.02. The van der Waals surface area contributed by atoms with Gasteiger partial charge in [0, 0.05) is 3.57 Å². The van der Waals surface area contributed by atoms with Crippen molar-refractivity contribution in [2.45, 2.75) is 25.6 Å². The molecule has 0 aliphatic carbocycles. The van der Waals surface area contributed by atoms with Gasteiger partial charge >= 0.3 is 0 Å². The number of hydrogen-bond donors (Lipinski definition) is 0. The lowest BCUT2D eigenvalue weighted by Gasteiger charge is -2.14. The Kier molecular flexibility index (Phi) is 4.22. The van der Waals surface area contributed by atoms with Gasteiger partial charge in [0.05, 0.1) is 22.1 Å². The van der Waals surface area contributed by atoms with E-state index >= 15 is 0 Å². The van der Waals surface area contributed by atoms with Gasteiger partial charge in [0.1, 0.15) is 5.82 Å². The van der Waals surface area contributed by atoms with E-state index in [9.17, 15) is 0 Å². The zero-order valence-electron chi connectivity index (χ0n) is 12.0. The molecule has 0 saturated carbocycles. The predicted molar refractivity (Wildman–Crippen MR) is 97.4 cm³/mol. The highest BCUT2D eigenvalue weighted by molar-refractivity contribution is 14.1. The average molecular weight is 411 g/mol. The minimum absolute atomic E-state index is 0.139. The van der Waals surface area contributed by atoms with E-state index in [0.29, 0.717) is 0 Å². The third-order valence-corrected chi connectivity index (χ3v) is 4.48. The maximum absolute atomic E-state index is 6.38. The molecule has 0 aliphatic rings. The topological polar surface area (TPSA) is 17.8 Å². The number of aromatic nitrogens is 2. The number of benzene rings is 2. The van der Waals surface area contributed by atoms with E-state index in [2.05, 4.69) is 76.5 Å². The van der Waals surface area contributed by atoms with Crippen LogP contribution in [0.1, 0.15) is 30.6 Å². The molecule has 0 radical (unpaired) electrons. The van der Waals surface area contributed by atoms with Crippen molar-refractivity contribution in [1.29, 1.82) is 0 Å². The lowest BCUT2D eigenvalue weighted by Crippen LogP contribution is -2.04. The fourth-order valence-electron chi connectivity index (χ4n) is 2.62. The van der Waals surface area contributed by atoms with Crippen LogP contribution >= 0.6 is 34.2 Å². The second-order valence-corrected chi connectivity index (χ2v) is 6.94. The number of alkyl halides is 1. The molecule has 0 saturated heterocycles. The highest BCUT2D eigenvalue weighted by Crippen LogP contribution is 2.30. The Morgan fingerprint density at radius 2 is 2.00 bits per heavy atom. The fraction of sp³-hybridized carbons (Fsp3) is 0.235. The van der Waals surface area contributed by atoms with Gasteiger partial charge in [-0.05, 0) is 65.8 Å². The van der Waals surface area contributed by atoms with Crippen molar-refractivity contribution in [3.63, 3.8) is 0 Å². The number of aryl methyl sites for hydroxylation is 1. The molecule has 0 spiro atoms. The summed E-state index contributed by atoms with van der Waals surface area (Å²) >= 11 is 8.69. The van der Waals surface area contributed by atoms with Crippen LogP contribution in [0.5, 0.6) is 0 Å². The molecule has 4 heteroatoms. The van der Waals surface area contributed by atoms with Crippen molar-refractivity contribution in [2.75, 3.05) is 0 Å². The number of para-hydroxylation sites is 1. The Bertz CT molecular complexity index is 793. The van der Waals surface area contributed by atoms with Gasteiger partial charge in [0.2, 0.25) is 0 Å². The summed E-state index contributed by atoms with van der Waals surface area (Å²) in [5.41, 5.74) is 4.58. The molecule has 2 aromatic carbocycles. The number of rotatable bonds is 3. The molecule has 0 N–H and O–H groups in total. The first-order valence-corrected chi connectivity index (χ1v) is 8.53. The number of hydrogen-bond acceptors (Lipinski definition) is 1. The Morgan fingerprint density at radius 3 is 2.71 bits per heavy atom. The molecule has 2 nitrogen and oxygen atoms in total. The molecule has 0 bridgehead atoms. The molecule has 0 fully saturated rings. The lowest BCUT2D eigenvalue weighted by atomic mass is 10.1. The van der Waals surface area contributed by atoms with Crippen molar-refractivity contribution in [3.05, 3.63) is 57.4 Å². The lowest BCUT2D eigenvalue weighted by molar-refractivity contribution is 0.872. The monoisotopic (exact) mass is 410 g/mol. The predicted octanol–water partition coefficient (Wildman–Crippen LogP) is 5.49. The normalized spacial score (nSPS) is 12.8. The van der Waals surface area contributed by atoms with Gasteiger partial charge < -0.3 is 0 Å². The van der Waals surface area contributed by atoms with Crippen LogP contribution < -0.4 is 0 Å². The van der Waals surface area contributed by atoms with Crippen LogP contribution in [0.4, 0.5) is 0 Å². The van der Waals surface area contributed by atoms with Gasteiger partial charge in [-0.2, -0.15) is 0 Å². The molecule has 0 aliphatic heterocycles. The van der Waals surface area contributed by atoms with Crippen LogP contribution in [0.3, 0.4) is 0 Å². The summed E-state index contributed by atoms with van der Waals surface area (Å²) in [6.45, 7) is 4.14. The zero-order chi connectivity index (χ0) is 15.0. The minimum Gasteiger partial charge on any atom is -0.295 e. The van der Waals surface area contributed by atoms with E-state index in [1.807, 2.05) is 6.92 Å². The fourth-order valence-corrected chi connectivity index (χ4v) is 3.24. The quantitative estimate of drug-likeness (QED) is 0.412. The second-order valence-electron chi connectivity index (χ2n) is 5.04. The zero-order valence-corrected chi connectivity index (χ0v) is 14.9. The second kappa shape index (κ2) is 5.97. The van der Waals surface area contributed by atoms with Gasteiger partial charge in [-0.3, -0.25) is 4.57 Å². The minimum atomic E-state index is -0.139. The van der Waals surface area contributed by atoms with Crippen LogP contribution in [0.2, 0.25) is 0 Å². The van der Waals surface area contributed by atoms with Gasteiger partial charge in [0.15, 0.2) is 0 Å². The first-order chi connectivity index (χ1) is 10.1. The summed E-state index contributed by atoms with van der Waals surface area (Å²) in [6, 6.07) is 14.8. The average Bonchev–Trinajstić information content (AvgIpc) is 2.85. The van der Waals surface area contributed by atoms with Gasteiger partial charge in [-0.25, -0.2) is 4.98 Å². The SMILES string of the molecule is CCc1ccccc1-n1c(C(C)Cl)nc2cc(I)ccc21. The number of halogens is 2. The maximum atomic E-state index is 6.38. The summed E-state index contributed by atoms with van der Waals surface area (Å²) in [5, 5.41) is -0.139. The Morgan fingerprint density at radius 1 is 1.24 bits per heavy atom. The van der Waals surface area contributed by atoms with Crippen molar-refractivity contribution < 1.29 is 0 Å². The molecular formula is C17H16ClIN2. The van der Waals surface area contributed by atoms with Crippen LogP contribution in [-0.2, 0) is 6.42 Å². The highest BCUT2D eigenvalue weighted by atomic mass is 127. The largest absolute Gasteiger partial charge is 0.295 e. The standard InChI is InChI=1S/C17H16ClIN2/c1-3-12-6-4-5-7-15(12)21-16-9-8-13(19)10-14(16)20-17(21)11(2)18/h4-11H,3H2,1-2H3. The van der Waals surface area contributed by atoms with E-state index in [4.69, 9.17) is 16.6 Å². The summed E-state index contributed by atoms with van der Waals surface area (Å²) in [5.74, 6) is 0.898. The van der Waals surface area contributed by atoms with E-state index < -0.39 is 0 Å². The first kappa shape index (κ1) is 14.9. The van der Waals surface area contributed by atoms with E-state index in [0.717, 1.165) is 23.3 Å². The molecule has 3 rings (SSSR count). The smallest absolute Gasteiger partial charge is 0.132 e. The van der Waals surface area contributed by atoms with E-state index in [-0.39, 0.29) is 5.38 Å². The summed E-state index contributed by atoms with van der Waals surface area (Å²) in [6.07, 6.45) is 0.982. The molecule has 3 aromatic rings. The molecule has 1 atom stereocenters. The number of nitrogens with zero attached hydrogens (tertiary/aromatic N) is 2. The number of imidazole rings is 1. The maximum Gasteiger partial charge on any atom is 0.132 e. The van der Waals surface area contributed by atoms with Gasteiger partial charge in [-0.15, -0.1) is 11.6 Å². The van der Waals surface area contributed by atoms with Crippen LogP contribution in [-0.4, -0.2) is 9.55 Å². The summed E-state index contributed by atoms with van der Waals surface area (Å²) in [7, 11) is 0. The Labute approximate surface area is 143 Å². The van der Waals surface area contributed by atoms with Crippen molar-refractivity contribution in [3.8, 4) is 5.69 Å². The Balaban J connectivity index is 2.37. The van der Waals surface area contributed by atoms with Gasteiger partial charge in [-0.1, -0.05) is 25.1 Å². The highest BCUT2D eigenvalue weighted by Gasteiger charge is 2.17. The third kappa shape index (κ3) is 2.69. The van der Waals surface area contributed by atoms with Crippen molar-refractivity contribution >= 4 is 45.2 Å². The molecule has 108 valence electrons.